The number of fused-ring (bicyclic) bond motifs is 1. The number of carboxylic acid groups (broad SMARTS) is 1. The number of hydrogen-bond acceptors (Lipinski definition) is 2. The smallest absolute Gasteiger partial charge is 0.321 e. The van der Waals surface area contributed by atoms with Crippen molar-refractivity contribution in [1.82, 2.24) is 4.90 Å². The largest absolute Gasteiger partial charge is 0.480 e. The van der Waals surface area contributed by atoms with Crippen molar-refractivity contribution >= 4 is 5.97 Å². The van der Waals surface area contributed by atoms with Crippen LogP contribution in [-0.2, 0) is 17.8 Å². The van der Waals surface area contributed by atoms with E-state index in [1.54, 1.807) is 0 Å². The van der Waals surface area contributed by atoms with Crippen LogP contribution in [0.5, 0.6) is 0 Å². The number of carboxylic acids is 1. The van der Waals surface area contributed by atoms with Crippen LogP contribution in [0.1, 0.15) is 30.4 Å². The van der Waals surface area contributed by atoms with Gasteiger partial charge in [0.05, 0.1) is 0 Å². The SMILES string of the molecule is O=C(O)C1Cc2ccccc2CN1C1CCC1. The Labute approximate surface area is 101 Å². The summed E-state index contributed by atoms with van der Waals surface area (Å²) >= 11 is 0. The lowest BCUT2D eigenvalue weighted by atomic mass is 9.85. The molecule has 1 aromatic carbocycles. The molecule has 1 N–H and O–H groups in total. The maximum atomic E-state index is 11.4. The lowest BCUT2D eigenvalue weighted by molar-refractivity contribution is -0.146. The normalized spacial score (nSPS) is 25.1. The first-order chi connectivity index (χ1) is 8.25. The quantitative estimate of drug-likeness (QED) is 0.847. The van der Waals surface area contributed by atoms with Gasteiger partial charge in [0, 0.05) is 12.6 Å². The fourth-order valence-corrected chi connectivity index (χ4v) is 2.87. The first kappa shape index (κ1) is 10.8. The van der Waals surface area contributed by atoms with Crippen molar-refractivity contribution in [3.05, 3.63) is 35.4 Å². The predicted octanol–water partition coefficient (Wildman–Crippen LogP) is 2.05. The Hall–Kier alpha value is -1.35. The van der Waals surface area contributed by atoms with Gasteiger partial charge in [-0.15, -0.1) is 0 Å². The van der Waals surface area contributed by atoms with Crippen LogP contribution >= 0.6 is 0 Å². The molecule has 0 spiro atoms. The third-order valence-electron chi connectivity index (χ3n) is 4.11. The second-order valence-corrected chi connectivity index (χ2v) is 5.08. The maximum Gasteiger partial charge on any atom is 0.321 e. The van der Waals surface area contributed by atoms with Gasteiger partial charge in [-0.1, -0.05) is 30.7 Å². The van der Waals surface area contributed by atoms with Crippen LogP contribution in [0.25, 0.3) is 0 Å². The summed E-state index contributed by atoms with van der Waals surface area (Å²) in [6, 6.07) is 8.39. The minimum absolute atomic E-state index is 0.324. The van der Waals surface area contributed by atoms with Crippen LogP contribution in [0, 0.1) is 0 Å². The molecule has 0 aromatic heterocycles. The molecular weight excluding hydrogens is 214 g/mol. The summed E-state index contributed by atoms with van der Waals surface area (Å²) in [6.07, 6.45) is 4.22. The average Bonchev–Trinajstić information content (AvgIpc) is 2.25. The van der Waals surface area contributed by atoms with Crippen LogP contribution in [0.4, 0.5) is 0 Å². The number of nitrogens with zero attached hydrogens (tertiary/aromatic N) is 1. The Morgan fingerprint density at radius 1 is 1.24 bits per heavy atom. The summed E-state index contributed by atoms with van der Waals surface area (Å²) in [6.45, 7) is 0.803. The summed E-state index contributed by atoms with van der Waals surface area (Å²) in [5.74, 6) is -0.675. The summed E-state index contributed by atoms with van der Waals surface area (Å²) in [5.41, 5.74) is 2.51. The Bertz CT molecular complexity index is 440. The van der Waals surface area contributed by atoms with Gasteiger partial charge in [0.25, 0.3) is 0 Å². The molecule has 0 amide bonds. The van der Waals surface area contributed by atoms with Gasteiger partial charge in [0.1, 0.15) is 6.04 Å². The first-order valence-corrected chi connectivity index (χ1v) is 6.31. The Kier molecular flexibility index (Phi) is 2.63. The molecule has 1 aliphatic heterocycles. The molecule has 2 aliphatic rings. The molecule has 1 fully saturated rings. The van der Waals surface area contributed by atoms with Gasteiger partial charge in [-0.3, -0.25) is 9.69 Å². The van der Waals surface area contributed by atoms with E-state index in [9.17, 15) is 9.90 Å². The predicted molar refractivity (Wildman–Crippen MR) is 64.8 cm³/mol. The molecule has 1 saturated carbocycles. The van der Waals surface area contributed by atoms with E-state index in [0.29, 0.717) is 12.5 Å². The Morgan fingerprint density at radius 2 is 1.94 bits per heavy atom. The summed E-state index contributed by atoms with van der Waals surface area (Å²) < 4.78 is 0. The number of benzene rings is 1. The Balaban J connectivity index is 1.90. The van der Waals surface area contributed by atoms with Gasteiger partial charge < -0.3 is 5.11 Å². The molecule has 1 aromatic rings. The summed E-state index contributed by atoms with van der Waals surface area (Å²) in [4.78, 5) is 13.6. The zero-order valence-electron chi connectivity index (χ0n) is 9.80. The van der Waals surface area contributed by atoms with Gasteiger partial charge in [0.15, 0.2) is 0 Å². The van der Waals surface area contributed by atoms with Crippen molar-refractivity contribution in [2.24, 2.45) is 0 Å². The van der Waals surface area contributed by atoms with E-state index in [4.69, 9.17) is 0 Å². The van der Waals surface area contributed by atoms with Crippen LogP contribution in [0.15, 0.2) is 24.3 Å². The van der Waals surface area contributed by atoms with Gasteiger partial charge in [0.2, 0.25) is 0 Å². The van der Waals surface area contributed by atoms with E-state index in [-0.39, 0.29) is 6.04 Å². The third-order valence-corrected chi connectivity index (χ3v) is 4.11. The molecule has 1 atom stereocenters. The highest BCUT2D eigenvalue weighted by Crippen LogP contribution is 2.32. The van der Waals surface area contributed by atoms with E-state index in [1.165, 1.54) is 17.5 Å². The average molecular weight is 231 g/mol. The van der Waals surface area contributed by atoms with E-state index in [0.717, 1.165) is 19.4 Å². The highest BCUT2D eigenvalue weighted by atomic mass is 16.4. The van der Waals surface area contributed by atoms with Crippen molar-refractivity contribution in [3.8, 4) is 0 Å². The van der Waals surface area contributed by atoms with E-state index in [2.05, 4.69) is 17.0 Å². The highest BCUT2D eigenvalue weighted by Gasteiger charge is 2.37. The van der Waals surface area contributed by atoms with Crippen molar-refractivity contribution in [2.75, 3.05) is 0 Å². The fraction of sp³-hybridized carbons (Fsp3) is 0.500. The number of carbonyl (C=O) groups is 1. The molecule has 3 nitrogen and oxygen atoms in total. The molecule has 0 bridgehead atoms. The molecule has 90 valence electrons. The topological polar surface area (TPSA) is 40.5 Å². The van der Waals surface area contributed by atoms with E-state index >= 15 is 0 Å². The van der Waals surface area contributed by atoms with Crippen molar-refractivity contribution in [2.45, 2.75) is 44.3 Å². The summed E-state index contributed by atoms with van der Waals surface area (Å²) in [5, 5.41) is 9.36. The first-order valence-electron chi connectivity index (χ1n) is 6.31. The van der Waals surface area contributed by atoms with Crippen LogP contribution in [0.2, 0.25) is 0 Å². The minimum atomic E-state index is -0.675. The highest BCUT2D eigenvalue weighted by molar-refractivity contribution is 5.74. The number of aliphatic carboxylic acids is 1. The van der Waals surface area contributed by atoms with Crippen LogP contribution < -0.4 is 0 Å². The molecule has 17 heavy (non-hydrogen) atoms. The molecule has 1 heterocycles. The lowest BCUT2D eigenvalue weighted by Crippen LogP contribution is -2.52. The third kappa shape index (κ3) is 1.84. The summed E-state index contributed by atoms with van der Waals surface area (Å²) in [7, 11) is 0. The molecule has 3 heteroatoms. The molecular formula is C14H17NO2. The van der Waals surface area contributed by atoms with Crippen LogP contribution in [0.3, 0.4) is 0 Å². The van der Waals surface area contributed by atoms with E-state index in [1.807, 2.05) is 12.1 Å². The van der Waals surface area contributed by atoms with Crippen molar-refractivity contribution in [1.29, 1.82) is 0 Å². The zero-order valence-corrected chi connectivity index (χ0v) is 9.80. The standard InChI is InChI=1S/C14H17NO2/c16-14(17)13-8-10-4-1-2-5-11(10)9-15(13)12-6-3-7-12/h1-2,4-5,12-13H,3,6-9H2,(H,16,17). The zero-order chi connectivity index (χ0) is 11.8. The molecule has 3 rings (SSSR count). The monoisotopic (exact) mass is 231 g/mol. The Morgan fingerprint density at radius 3 is 2.53 bits per heavy atom. The van der Waals surface area contributed by atoms with Gasteiger partial charge in [-0.2, -0.15) is 0 Å². The fourth-order valence-electron chi connectivity index (χ4n) is 2.87. The second kappa shape index (κ2) is 4.15. The van der Waals surface area contributed by atoms with Gasteiger partial charge in [-0.25, -0.2) is 0 Å². The molecule has 1 unspecified atom stereocenters. The molecule has 1 aliphatic carbocycles. The van der Waals surface area contributed by atoms with E-state index < -0.39 is 5.97 Å². The van der Waals surface area contributed by atoms with Crippen LogP contribution in [-0.4, -0.2) is 28.1 Å². The number of rotatable bonds is 2. The molecule has 0 radical (unpaired) electrons. The maximum absolute atomic E-state index is 11.4. The van der Waals surface area contributed by atoms with Gasteiger partial charge in [-0.05, 0) is 30.4 Å². The van der Waals surface area contributed by atoms with Crippen molar-refractivity contribution in [3.63, 3.8) is 0 Å². The number of hydrogen-bond donors (Lipinski definition) is 1. The van der Waals surface area contributed by atoms with Crippen molar-refractivity contribution < 1.29 is 9.90 Å². The second-order valence-electron chi connectivity index (χ2n) is 5.08. The van der Waals surface area contributed by atoms with Gasteiger partial charge >= 0.3 is 5.97 Å². The minimum Gasteiger partial charge on any atom is -0.480 e. The lowest BCUT2D eigenvalue weighted by Gasteiger charge is -2.43. The molecule has 0 saturated heterocycles.